The molecule has 3 aromatic rings. The van der Waals surface area contributed by atoms with Gasteiger partial charge in [0.25, 0.3) is 0 Å². The smallest absolute Gasteiger partial charge is 0.0901 e. The molecule has 0 spiro atoms. The Morgan fingerprint density at radius 1 is 0.347 bits per heavy atom. The normalized spacial score (nSPS) is 13.2. The van der Waals surface area contributed by atoms with E-state index in [0.717, 1.165) is 33.8 Å². The van der Waals surface area contributed by atoms with Crippen LogP contribution >= 0.6 is 0 Å². The molecule has 0 saturated carbocycles. The van der Waals surface area contributed by atoms with E-state index in [1.54, 1.807) is 0 Å². The zero-order chi connectivity index (χ0) is 36.7. The van der Waals surface area contributed by atoms with Gasteiger partial charge < -0.3 is 20.2 Å². The third-order valence-electron chi connectivity index (χ3n) is 9.46. The molecule has 0 aliphatic heterocycles. The molecule has 3 rings (SSSR count). The molecular formula is C45H69NO3. The maximum Gasteiger partial charge on any atom is 0.0901 e. The Balaban J connectivity index is 2.15. The molecule has 0 bridgehead atoms. The Bertz CT molecular complexity index is 1200. The van der Waals surface area contributed by atoms with E-state index in [0.29, 0.717) is 74.0 Å². The van der Waals surface area contributed by atoms with Crippen molar-refractivity contribution in [1.82, 2.24) is 0 Å². The first-order chi connectivity index (χ1) is 22.8. The van der Waals surface area contributed by atoms with Gasteiger partial charge in [0.1, 0.15) is 0 Å². The highest BCUT2D eigenvalue weighted by atomic mass is 16.3. The highest BCUT2D eigenvalue weighted by Gasteiger charge is 2.34. The van der Waals surface area contributed by atoms with Crippen LogP contribution in [-0.2, 0) is 16.8 Å². The van der Waals surface area contributed by atoms with Gasteiger partial charge in [0.15, 0.2) is 0 Å². The van der Waals surface area contributed by atoms with Crippen molar-refractivity contribution < 1.29 is 15.3 Å². The molecule has 49 heavy (non-hydrogen) atoms. The third-order valence-corrected chi connectivity index (χ3v) is 9.46. The van der Waals surface area contributed by atoms with E-state index in [4.69, 9.17) is 0 Å². The molecule has 0 fully saturated rings. The van der Waals surface area contributed by atoms with E-state index in [-0.39, 0.29) is 0 Å². The molecule has 0 atom stereocenters. The molecule has 0 aliphatic carbocycles. The Morgan fingerprint density at radius 3 is 0.653 bits per heavy atom. The van der Waals surface area contributed by atoms with Gasteiger partial charge in [-0.1, -0.05) is 119 Å². The lowest BCUT2D eigenvalue weighted by molar-refractivity contribution is -0.00498. The summed E-state index contributed by atoms with van der Waals surface area (Å²) >= 11 is 0. The van der Waals surface area contributed by atoms with E-state index in [9.17, 15) is 15.3 Å². The van der Waals surface area contributed by atoms with Crippen LogP contribution in [0.1, 0.15) is 138 Å². The van der Waals surface area contributed by atoms with Crippen LogP contribution in [0.2, 0.25) is 0 Å². The Hall–Kier alpha value is -2.66. The lowest BCUT2D eigenvalue weighted by Crippen LogP contribution is -2.30. The van der Waals surface area contributed by atoms with Crippen molar-refractivity contribution in [3.63, 3.8) is 0 Å². The third kappa shape index (κ3) is 11.2. The minimum atomic E-state index is -0.885. The first-order valence-electron chi connectivity index (χ1n) is 19.1. The quantitative estimate of drug-likeness (QED) is 0.126. The summed E-state index contributed by atoms with van der Waals surface area (Å²) in [5, 5.41) is 35.7. The molecule has 4 heteroatoms. The predicted molar refractivity (Wildman–Crippen MR) is 210 cm³/mol. The number of benzene rings is 3. The minimum absolute atomic E-state index is 0.368. The van der Waals surface area contributed by atoms with Gasteiger partial charge in [-0.05, 0) is 127 Å². The van der Waals surface area contributed by atoms with Gasteiger partial charge in [0.2, 0.25) is 0 Å². The Labute approximate surface area is 300 Å². The second kappa shape index (κ2) is 17.0. The average Bonchev–Trinajstić information content (AvgIpc) is 2.95. The van der Waals surface area contributed by atoms with Crippen LogP contribution in [0.25, 0.3) is 0 Å². The summed E-state index contributed by atoms with van der Waals surface area (Å²) in [7, 11) is 0. The molecule has 3 N–H and O–H groups in total. The van der Waals surface area contributed by atoms with Crippen LogP contribution in [0.5, 0.6) is 0 Å². The molecule has 0 aromatic heterocycles. The fourth-order valence-electron chi connectivity index (χ4n) is 8.22. The van der Waals surface area contributed by atoms with Crippen molar-refractivity contribution in [2.45, 2.75) is 138 Å². The van der Waals surface area contributed by atoms with Crippen molar-refractivity contribution in [2.75, 3.05) is 4.90 Å². The molecule has 3 aromatic carbocycles. The van der Waals surface area contributed by atoms with Crippen molar-refractivity contribution >= 4 is 17.1 Å². The van der Waals surface area contributed by atoms with E-state index in [1.165, 1.54) is 0 Å². The van der Waals surface area contributed by atoms with Gasteiger partial charge in [-0.15, -0.1) is 0 Å². The molecule has 0 unspecified atom stereocenters. The van der Waals surface area contributed by atoms with Crippen molar-refractivity contribution in [3.8, 4) is 0 Å². The molecule has 4 nitrogen and oxygen atoms in total. The lowest BCUT2D eigenvalue weighted by atomic mass is 9.79. The topological polar surface area (TPSA) is 63.9 Å². The molecule has 0 heterocycles. The number of hydrogen-bond acceptors (Lipinski definition) is 4. The van der Waals surface area contributed by atoms with Crippen molar-refractivity contribution in [3.05, 3.63) is 89.5 Å². The number of anilines is 3. The second-order valence-corrected chi connectivity index (χ2v) is 17.7. The first kappa shape index (κ1) is 40.8. The number of aliphatic hydroxyl groups is 3. The summed E-state index contributed by atoms with van der Waals surface area (Å²) < 4.78 is 0. The average molecular weight is 672 g/mol. The fourth-order valence-corrected chi connectivity index (χ4v) is 8.22. The summed E-state index contributed by atoms with van der Waals surface area (Å²) in [5.41, 5.74) is 3.15. The lowest BCUT2D eigenvalue weighted by Gasteiger charge is -2.34. The van der Waals surface area contributed by atoms with Crippen molar-refractivity contribution in [2.24, 2.45) is 35.5 Å². The van der Waals surface area contributed by atoms with Gasteiger partial charge in [-0.2, -0.15) is 0 Å². The maximum atomic E-state index is 11.9. The minimum Gasteiger partial charge on any atom is -0.385 e. The summed E-state index contributed by atoms with van der Waals surface area (Å²) in [6.45, 7) is 26.0. The molecule has 0 amide bonds. The van der Waals surface area contributed by atoms with Gasteiger partial charge >= 0.3 is 0 Å². The second-order valence-electron chi connectivity index (χ2n) is 17.7. The van der Waals surface area contributed by atoms with Crippen LogP contribution in [-0.4, -0.2) is 15.3 Å². The van der Waals surface area contributed by atoms with Crippen LogP contribution < -0.4 is 4.90 Å². The number of hydrogen-bond donors (Lipinski definition) is 3. The summed E-state index contributed by atoms with van der Waals surface area (Å²) in [4.78, 5) is 2.23. The van der Waals surface area contributed by atoms with Crippen LogP contribution in [0, 0.1) is 35.5 Å². The van der Waals surface area contributed by atoms with E-state index in [1.807, 2.05) is 0 Å². The van der Waals surface area contributed by atoms with E-state index < -0.39 is 16.8 Å². The highest BCUT2D eigenvalue weighted by molar-refractivity contribution is 5.77. The Morgan fingerprint density at radius 2 is 0.510 bits per heavy atom. The SMILES string of the molecule is CC(C)CC(O)(CC(C)C)c1ccc(N(c2ccc(C(O)(CC(C)C)CC(C)C)cc2)c2ccc(C(O)(CC(C)C)CC(C)C)cc2)cc1. The fraction of sp³-hybridized carbons (Fsp3) is 0.600. The molecule has 0 radical (unpaired) electrons. The van der Waals surface area contributed by atoms with Crippen LogP contribution in [0.4, 0.5) is 17.1 Å². The standard InChI is InChI=1S/C45H69NO3/c1-31(2)25-43(47,26-32(3)4)37-13-19-40(20-14-37)46(41-21-15-38(16-22-41)44(48,27-33(5)6)28-34(7)8)42-23-17-39(18-24-42)45(49,29-35(9)10)30-36(11)12/h13-24,31-36,47-49H,25-30H2,1-12H3. The maximum absolute atomic E-state index is 11.9. The van der Waals surface area contributed by atoms with Crippen LogP contribution in [0.15, 0.2) is 72.8 Å². The van der Waals surface area contributed by atoms with Crippen LogP contribution in [0.3, 0.4) is 0 Å². The molecule has 0 saturated heterocycles. The monoisotopic (exact) mass is 672 g/mol. The molecular weight excluding hydrogens is 602 g/mol. The summed E-state index contributed by atoms with van der Waals surface area (Å²) in [6.07, 6.45) is 4.26. The Kier molecular flexibility index (Phi) is 14.2. The summed E-state index contributed by atoms with van der Waals surface area (Å²) in [5.74, 6) is 2.21. The highest BCUT2D eigenvalue weighted by Crippen LogP contribution is 2.42. The summed E-state index contributed by atoms with van der Waals surface area (Å²) in [6, 6.07) is 25.2. The van der Waals surface area contributed by atoms with Gasteiger partial charge in [-0.25, -0.2) is 0 Å². The zero-order valence-electron chi connectivity index (χ0n) is 32.9. The zero-order valence-corrected chi connectivity index (χ0v) is 32.9. The van der Waals surface area contributed by atoms with Gasteiger partial charge in [-0.3, -0.25) is 0 Å². The van der Waals surface area contributed by atoms with E-state index >= 15 is 0 Å². The molecule has 272 valence electrons. The largest absolute Gasteiger partial charge is 0.385 e. The number of rotatable bonds is 18. The molecule has 0 aliphatic rings. The van der Waals surface area contributed by atoms with Gasteiger partial charge in [0, 0.05) is 17.1 Å². The first-order valence-corrected chi connectivity index (χ1v) is 19.1. The van der Waals surface area contributed by atoms with Gasteiger partial charge in [0.05, 0.1) is 16.8 Å². The van der Waals surface area contributed by atoms with E-state index in [2.05, 4.69) is 161 Å². The predicted octanol–water partition coefficient (Wildman–Crippen LogP) is 12.0. The number of nitrogens with zero attached hydrogens (tertiary/aromatic N) is 1. The van der Waals surface area contributed by atoms with Crippen molar-refractivity contribution in [1.29, 1.82) is 0 Å².